The molecule has 0 amide bonds. The summed E-state index contributed by atoms with van der Waals surface area (Å²) in [6, 6.07) is 3.27. The summed E-state index contributed by atoms with van der Waals surface area (Å²) in [6.45, 7) is 4.85. The van der Waals surface area contributed by atoms with Crippen molar-refractivity contribution >= 4 is 21.6 Å². The molecule has 0 saturated heterocycles. The summed E-state index contributed by atoms with van der Waals surface area (Å²) in [4.78, 5) is 0. The quantitative estimate of drug-likeness (QED) is 0.889. The second-order valence-electron chi connectivity index (χ2n) is 4.11. The number of rotatable bonds is 2. The molecule has 16 heavy (non-hydrogen) atoms. The minimum atomic E-state index is -0.317. The summed E-state index contributed by atoms with van der Waals surface area (Å²) < 4.78 is 20.3. The van der Waals surface area contributed by atoms with E-state index >= 15 is 0 Å². The van der Waals surface area contributed by atoms with Crippen molar-refractivity contribution in [1.82, 2.24) is 0 Å². The van der Waals surface area contributed by atoms with E-state index in [9.17, 15) is 4.39 Å². The zero-order valence-corrected chi connectivity index (χ0v) is 11.0. The highest BCUT2D eigenvalue weighted by atomic mass is 79.9. The Balaban J connectivity index is 2.40. The fourth-order valence-electron chi connectivity index (χ4n) is 1.95. The van der Waals surface area contributed by atoms with Gasteiger partial charge in [-0.2, -0.15) is 0 Å². The Labute approximate surface area is 103 Å². The maximum atomic E-state index is 13.8. The zero-order valence-electron chi connectivity index (χ0n) is 9.44. The van der Waals surface area contributed by atoms with Crippen LogP contribution in [-0.4, -0.2) is 12.1 Å². The summed E-state index contributed by atoms with van der Waals surface area (Å²) in [5.41, 5.74) is 0.450. The molecule has 0 radical (unpaired) electrons. The van der Waals surface area contributed by atoms with Gasteiger partial charge in [0, 0.05) is 4.47 Å². The van der Waals surface area contributed by atoms with Crippen LogP contribution in [0.4, 0.5) is 10.1 Å². The molecule has 0 unspecified atom stereocenters. The van der Waals surface area contributed by atoms with Crippen molar-refractivity contribution in [1.29, 1.82) is 0 Å². The highest BCUT2D eigenvalue weighted by molar-refractivity contribution is 9.10. The van der Waals surface area contributed by atoms with Gasteiger partial charge in [-0.15, -0.1) is 0 Å². The van der Waals surface area contributed by atoms with Gasteiger partial charge >= 0.3 is 0 Å². The molecule has 4 heteroatoms. The van der Waals surface area contributed by atoms with E-state index in [2.05, 4.69) is 35.1 Å². The summed E-state index contributed by atoms with van der Waals surface area (Å²) in [5.74, 6) is 0.0287. The number of anilines is 1. The third-order valence-electron chi connectivity index (χ3n) is 3.22. The van der Waals surface area contributed by atoms with Crippen LogP contribution >= 0.6 is 15.9 Å². The van der Waals surface area contributed by atoms with Crippen molar-refractivity contribution in [2.75, 3.05) is 11.9 Å². The first kappa shape index (κ1) is 11.7. The lowest BCUT2D eigenvalue weighted by Gasteiger charge is -2.38. The van der Waals surface area contributed by atoms with Crippen LogP contribution < -0.4 is 10.1 Å². The number of fused-ring (bicyclic) bond motifs is 1. The number of ether oxygens (including phenoxy) is 1. The molecule has 0 aliphatic carbocycles. The number of hydrogen-bond donors (Lipinski definition) is 1. The van der Waals surface area contributed by atoms with Crippen molar-refractivity contribution in [2.45, 2.75) is 32.3 Å². The van der Waals surface area contributed by atoms with Crippen LogP contribution in [0.3, 0.4) is 0 Å². The van der Waals surface area contributed by atoms with Crippen LogP contribution in [0.2, 0.25) is 0 Å². The van der Waals surface area contributed by atoms with E-state index in [1.165, 1.54) is 6.07 Å². The van der Waals surface area contributed by atoms with E-state index in [0.29, 0.717) is 5.75 Å². The van der Waals surface area contributed by atoms with Crippen molar-refractivity contribution in [3.8, 4) is 5.75 Å². The van der Waals surface area contributed by atoms with Gasteiger partial charge in [-0.25, -0.2) is 4.39 Å². The minimum absolute atomic E-state index is 0.276. The average molecular weight is 288 g/mol. The average Bonchev–Trinajstić information content (AvgIpc) is 2.29. The maximum Gasteiger partial charge on any atom is 0.179 e. The molecule has 2 nitrogen and oxygen atoms in total. The van der Waals surface area contributed by atoms with Gasteiger partial charge in [-0.1, -0.05) is 29.8 Å². The van der Waals surface area contributed by atoms with Crippen LogP contribution in [-0.2, 0) is 0 Å². The molecule has 2 rings (SSSR count). The maximum absolute atomic E-state index is 13.8. The van der Waals surface area contributed by atoms with Gasteiger partial charge in [-0.05, 0) is 25.0 Å². The second kappa shape index (κ2) is 4.24. The van der Waals surface area contributed by atoms with E-state index in [-0.39, 0.29) is 11.4 Å². The van der Waals surface area contributed by atoms with Gasteiger partial charge in [0.2, 0.25) is 0 Å². The number of benzene rings is 1. The molecule has 1 aromatic rings. The molecule has 1 aliphatic rings. The van der Waals surface area contributed by atoms with E-state index in [1.54, 1.807) is 0 Å². The molecule has 1 aromatic carbocycles. The molecule has 1 heterocycles. The fraction of sp³-hybridized carbons (Fsp3) is 0.500. The Morgan fingerprint density at radius 3 is 2.75 bits per heavy atom. The van der Waals surface area contributed by atoms with Gasteiger partial charge in [0.1, 0.15) is 5.60 Å². The Morgan fingerprint density at radius 2 is 2.12 bits per heavy atom. The molecule has 88 valence electrons. The first-order chi connectivity index (χ1) is 7.60. The van der Waals surface area contributed by atoms with E-state index in [0.717, 1.165) is 29.5 Å². The summed E-state index contributed by atoms with van der Waals surface area (Å²) in [5, 5.41) is 3.24. The van der Waals surface area contributed by atoms with E-state index in [1.807, 2.05) is 6.07 Å². The third-order valence-corrected chi connectivity index (χ3v) is 3.67. The van der Waals surface area contributed by atoms with Gasteiger partial charge in [0.15, 0.2) is 11.6 Å². The first-order valence-electron chi connectivity index (χ1n) is 5.52. The highest BCUT2D eigenvalue weighted by Crippen LogP contribution is 2.39. The van der Waals surface area contributed by atoms with Crippen LogP contribution in [0.25, 0.3) is 0 Å². The molecule has 0 aromatic heterocycles. The highest BCUT2D eigenvalue weighted by Gasteiger charge is 2.34. The molecule has 1 aliphatic heterocycles. The molecule has 1 N–H and O–H groups in total. The topological polar surface area (TPSA) is 21.3 Å². The first-order valence-corrected chi connectivity index (χ1v) is 6.31. The van der Waals surface area contributed by atoms with Gasteiger partial charge in [0.05, 0.1) is 12.2 Å². The Bertz CT molecular complexity index is 404. The fourth-order valence-corrected chi connectivity index (χ4v) is 2.38. The molecule has 0 fully saturated rings. The molecular formula is C12H15BrFNO. The van der Waals surface area contributed by atoms with Crippen molar-refractivity contribution in [2.24, 2.45) is 0 Å². The van der Waals surface area contributed by atoms with Crippen molar-refractivity contribution in [3.05, 3.63) is 22.4 Å². The smallest absolute Gasteiger partial charge is 0.179 e. The molecule has 0 bridgehead atoms. The van der Waals surface area contributed by atoms with Gasteiger partial charge in [-0.3, -0.25) is 0 Å². The predicted octanol–water partition coefficient (Wildman–Crippen LogP) is 3.95. The van der Waals surface area contributed by atoms with Crippen LogP contribution in [0.5, 0.6) is 5.75 Å². The minimum Gasteiger partial charge on any atom is -0.480 e. The van der Waals surface area contributed by atoms with Crippen molar-refractivity contribution < 1.29 is 9.13 Å². The Hall–Kier alpha value is -0.770. The lowest BCUT2D eigenvalue weighted by atomic mass is 9.95. The Kier molecular flexibility index (Phi) is 3.10. The number of nitrogens with one attached hydrogen (secondary N) is 1. The number of hydrogen-bond acceptors (Lipinski definition) is 2. The molecule has 0 atom stereocenters. The van der Waals surface area contributed by atoms with Gasteiger partial charge < -0.3 is 10.1 Å². The molecule has 0 spiro atoms. The summed E-state index contributed by atoms with van der Waals surface area (Å²) in [6.07, 6.45) is 1.73. The SMILES string of the molecule is CCC1(CC)CNc2cc(Br)cc(F)c2O1. The van der Waals surface area contributed by atoms with Crippen LogP contribution in [0.15, 0.2) is 16.6 Å². The lowest BCUT2D eigenvalue weighted by Crippen LogP contribution is -2.45. The third kappa shape index (κ3) is 1.90. The zero-order chi connectivity index (χ0) is 11.8. The van der Waals surface area contributed by atoms with Crippen LogP contribution in [0.1, 0.15) is 26.7 Å². The summed E-state index contributed by atoms with van der Waals surface area (Å²) >= 11 is 3.27. The summed E-state index contributed by atoms with van der Waals surface area (Å²) in [7, 11) is 0. The van der Waals surface area contributed by atoms with Crippen LogP contribution in [0, 0.1) is 5.82 Å². The number of halogens is 2. The second-order valence-corrected chi connectivity index (χ2v) is 5.03. The largest absolute Gasteiger partial charge is 0.480 e. The molecule has 0 saturated carbocycles. The predicted molar refractivity (Wildman–Crippen MR) is 66.5 cm³/mol. The normalized spacial score (nSPS) is 17.2. The van der Waals surface area contributed by atoms with Gasteiger partial charge in [0.25, 0.3) is 0 Å². The Morgan fingerprint density at radius 1 is 1.44 bits per heavy atom. The lowest BCUT2D eigenvalue weighted by molar-refractivity contribution is 0.0622. The van der Waals surface area contributed by atoms with E-state index < -0.39 is 0 Å². The standard InChI is InChI=1S/C12H15BrFNO/c1-3-12(4-2)7-15-10-6-8(13)5-9(14)11(10)16-12/h5-6,15H,3-4,7H2,1-2H3. The molecular weight excluding hydrogens is 273 g/mol. The van der Waals surface area contributed by atoms with Crippen molar-refractivity contribution in [3.63, 3.8) is 0 Å². The van der Waals surface area contributed by atoms with E-state index in [4.69, 9.17) is 4.74 Å². The monoisotopic (exact) mass is 287 g/mol.